The Morgan fingerprint density at radius 1 is 0.966 bits per heavy atom. The van der Waals surface area contributed by atoms with E-state index in [1.165, 1.54) is 11.6 Å². The van der Waals surface area contributed by atoms with Crippen LogP contribution in [0.25, 0.3) is 0 Å². The normalized spacial score (nSPS) is 14.6. The van der Waals surface area contributed by atoms with E-state index in [1.54, 1.807) is 0 Å². The van der Waals surface area contributed by atoms with Crippen molar-refractivity contribution in [3.05, 3.63) is 70.2 Å². The molecular weight excluding hydrogens is 443 g/mol. The molecule has 0 aromatic heterocycles. The molecule has 0 aliphatic carbocycles. The number of carbonyl (C=O) groups excluding carboxylic acids is 1. The SMILES string of the molecule is Cl.Cl.O=C(NCCN1CCN(Cc2cccc(Cl)c2)CC1)c1ccc(F)c(F)c1. The summed E-state index contributed by atoms with van der Waals surface area (Å²) in [5, 5.41) is 3.50. The Hall–Kier alpha value is -1.44. The zero-order valence-corrected chi connectivity index (χ0v) is 18.1. The predicted octanol–water partition coefficient (Wildman–Crippen LogP) is 4.01. The number of piperazine rings is 1. The molecule has 0 spiro atoms. The molecule has 29 heavy (non-hydrogen) atoms. The van der Waals surface area contributed by atoms with Gasteiger partial charge in [0, 0.05) is 56.4 Å². The molecule has 1 aliphatic rings. The third-order valence-electron chi connectivity index (χ3n) is 4.66. The van der Waals surface area contributed by atoms with Gasteiger partial charge in [-0.25, -0.2) is 8.78 Å². The van der Waals surface area contributed by atoms with Gasteiger partial charge < -0.3 is 5.32 Å². The summed E-state index contributed by atoms with van der Waals surface area (Å²) in [5.41, 5.74) is 1.33. The fourth-order valence-electron chi connectivity index (χ4n) is 3.13. The van der Waals surface area contributed by atoms with E-state index in [4.69, 9.17) is 11.6 Å². The highest BCUT2D eigenvalue weighted by Gasteiger charge is 2.17. The number of hydrogen-bond donors (Lipinski definition) is 1. The first kappa shape index (κ1) is 25.6. The van der Waals surface area contributed by atoms with Crippen molar-refractivity contribution in [1.29, 1.82) is 0 Å². The average Bonchev–Trinajstić information content (AvgIpc) is 2.65. The van der Waals surface area contributed by atoms with E-state index in [0.717, 1.165) is 56.4 Å². The first-order valence-electron chi connectivity index (χ1n) is 8.93. The Bertz CT molecular complexity index is 802. The summed E-state index contributed by atoms with van der Waals surface area (Å²) in [4.78, 5) is 16.6. The highest BCUT2D eigenvalue weighted by atomic mass is 35.5. The predicted molar refractivity (Wildman–Crippen MR) is 116 cm³/mol. The lowest BCUT2D eigenvalue weighted by Gasteiger charge is -2.34. The van der Waals surface area contributed by atoms with Crippen molar-refractivity contribution in [2.45, 2.75) is 6.54 Å². The number of nitrogens with one attached hydrogen (secondary N) is 1. The maximum Gasteiger partial charge on any atom is 0.251 e. The highest BCUT2D eigenvalue weighted by Crippen LogP contribution is 2.14. The van der Waals surface area contributed by atoms with Crippen molar-refractivity contribution in [2.24, 2.45) is 0 Å². The Morgan fingerprint density at radius 2 is 1.66 bits per heavy atom. The van der Waals surface area contributed by atoms with E-state index in [9.17, 15) is 13.6 Å². The molecule has 160 valence electrons. The van der Waals surface area contributed by atoms with Crippen LogP contribution >= 0.6 is 36.4 Å². The van der Waals surface area contributed by atoms with E-state index >= 15 is 0 Å². The summed E-state index contributed by atoms with van der Waals surface area (Å²) in [7, 11) is 0. The van der Waals surface area contributed by atoms with Crippen LogP contribution in [-0.2, 0) is 6.54 Å². The lowest BCUT2D eigenvalue weighted by Crippen LogP contribution is -2.48. The molecular formula is C20H24Cl3F2N3O. The summed E-state index contributed by atoms with van der Waals surface area (Å²) in [6, 6.07) is 11.1. The minimum Gasteiger partial charge on any atom is -0.351 e. The molecule has 0 atom stereocenters. The second-order valence-corrected chi connectivity index (χ2v) is 7.07. The Kier molecular flexibility index (Phi) is 10.9. The number of benzene rings is 2. The van der Waals surface area contributed by atoms with Gasteiger partial charge in [-0.05, 0) is 35.9 Å². The number of nitrogens with zero attached hydrogens (tertiary/aromatic N) is 2. The van der Waals surface area contributed by atoms with Crippen LogP contribution in [0, 0.1) is 11.6 Å². The van der Waals surface area contributed by atoms with Gasteiger partial charge in [0.2, 0.25) is 0 Å². The zero-order chi connectivity index (χ0) is 19.2. The molecule has 1 amide bonds. The fourth-order valence-corrected chi connectivity index (χ4v) is 3.34. The molecule has 1 aliphatic heterocycles. The maximum atomic E-state index is 13.2. The van der Waals surface area contributed by atoms with Crippen LogP contribution in [0.2, 0.25) is 5.02 Å². The van der Waals surface area contributed by atoms with Crippen molar-refractivity contribution in [3.8, 4) is 0 Å². The van der Waals surface area contributed by atoms with Crippen molar-refractivity contribution in [3.63, 3.8) is 0 Å². The largest absolute Gasteiger partial charge is 0.351 e. The molecule has 1 heterocycles. The first-order valence-corrected chi connectivity index (χ1v) is 9.31. The van der Waals surface area contributed by atoms with Crippen LogP contribution in [0.15, 0.2) is 42.5 Å². The quantitative estimate of drug-likeness (QED) is 0.699. The van der Waals surface area contributed by atoms with Crippen LogP contribution in [0.4, 0.5) is 8.78 Å². The van der Waals surface area contributed by atoms with E-state index < -0.39 is 17.5 Å². The number of amides is 1. The van der Waals surface area contributed by atoms with Crippen LogP contribution in [0.1, 0.15) is 15.9 Å². The summed E-state index contributed by atoms with van der Waals surface area (Å²) in [5.74, 6) is -2.37. The van der Waals surface area contributed by atoms with Crippen molar-refractivity contribution in [2.75, 3.05) is 39.3 Å². The van der Waals surface area contributed by atoms with Gasteiger partial charge in [-0.1, -0.05) is 23.7 Å². The van der Waals surface area contributed by atoms with Crippen molar-refractivity contribution < 1.29 is 13.6 Å². The highest BCUT2D eigenvalue weighted by molar-refractivity contribution is 6.30. The van der Waals surface area contributed by atoms with Crippen LogP contribution in [0.5, 0.6) is 0 Å². The second kappa shape index (κ2) is 12.3. The molecule has 0 radical (unpaired) electrons. The smallest absolute Gasteiger partial charge is 0.251 e. The Balaban J connectivity index is 0.00000210. The summed E-state index contributed by atoms with van der Waals surface area (Å²) in [6.07, 6.45) is 0. The standard InChI is InChI=1S/C20H22ClF2N3O.2ClH/c21-17-3-1-2-15(12-17)14-26-10-8-25(9-11-26)7-6-24-20(27)16-4-5-18(22)19(23)13-16;;/h1-5,12-13H,6-11,14H2,(H,24,27);2*1H. The van der Waals surface area contributed by atoms with Gasteiger partial charge in [0.1, 0.15) is 0 Å². The van der Waals surface area contributed by atoms with Crippen molar-refractivity contribution in [1.82, 2.24) is 15.1 Å². The minimum absolute atomic E-state index is 0. The van der Waals surface area contributed by atoms with Gasteiger partial charge >= 0.3 is 0 Å². The number of halogens is 5. The molecule has 1 fully saturated rings. The molecule has 0 bridgehead atoms. The van der Waals surface area contributed by atoms with Gasteiger partial charge in [-0.2, -0.15) is 0 Å². The molecule has 0 unspecified atom stereocenters. The summed E-state index contributed by atoms with van der Waals surface area (Å²) in [6.45, 7) is 5.80. The number of hydrogen-bond acceptors (Lipinski definition) is 3. The monoisotopic (exact) mass is 465 g/mol. The van der Waals surface area contributed by atoms with Crippen molar-refractivity contribution >= 4 is 42.3 Å². The van der Waals surface area contributed by atoms with Crippen LogP contribution in [-0.4, -0.2) is 55.0 Å². The van der Waals surface area contributed by atoms with Gasteiger partial charge in [0.05, 0.1) is 0 Å². The number of rotatable bonds is 6. The Morgan fingerprint density at radius 3 is 2.31 bits per heavy atom. The topological polar surface area (TPSA) is 35.6 Å². The van der Waals surface area contributed by atoms with E-state index in [0.29, 0.717) is 6.54 Å². The van der Waals surface area contributed by atoms with E-state index in [1.807, 2.05) is 18.2 Å². The average molecular weight is 467 g/mol. The molecule has 4 nitrogen and oxygen atoms in total. The first-order chi connectivity index (χ1) is 13.0. The second-order valence-electron chi connectivity index (χ2n) is 6.63. The third kappa shape index (κ3) is 7.72. The summed E-state index contributed by atoms with van der Waals surface area (Å²) >= 11 is 6.03. The molecule has 1 saturated heterocycles. The van der Waals surface area contributed by atoms with Gasteiger partial charge in [0.15, 0.2) is 11.6 Å². The lowest BCUT2D eigenvalue weighted by molar-refractivity contribution is 0.0933. The molecule has 3 rings (SSSR count). The fraction of sp³-hybridized carbons (Fsp3) is 0.350. The zero-order valence-electron chi connectivity index (χ0n) is 15.7. The maximum absolute atomic E-state index is 13.2. The Labute approximate surface area is 187 Å². The van der Waals surface area contributed by atoms with Gasteiger partial charge in [-0.3, -0.25) is 14.6 Å². The molecule has 2 aromatic rings. The van der Waals surface area contributed by atoms with E-state index in [-0.39, 0.29) is 30.4 Å². The van der Waals surface area contributed by atoms with Gasteiger partial charge in [-0.15, -0.1) is 24.8 Å². The van der Waals surface area contributed by atoms with Crippen LogP contribution in [0.3, 0.4) is 0 Å². The lowest BCUT2D eigenvalue weighted by atomic mass is 10.2. The van der Waals surface area contributed by atoms with Crippen LogP contribution < -0.4 is 5.32 Å². The van der Waals surface area contributed by atoms with Gasteiger partial charge in [0.25, 0.3) is 5.91 Å². The minimum atomic E-state index is -1.02. The molecule has 0 saturated carbocycles. The molecule has 9 heteroatoms. The summed E-state index contributed by atoms with van der Waals surface area (Å²) < 4.78 is 26.1. The van der Waals surface area contributed by atoms with E-state index in [2.05, 4.69) is 21.2 Å². The number of carbonyl (C=O) groups is 1. The molecule has 2 aromatic carbocycles. The molecule has 1 N–H and O–H groups in total. The third-order valence-corrected chi connectivity index (χ3v) is 4.89.